The average Bonchev–Trinajstić information content (AvgIpc) is 2.19. The molecule has 0 saturated carbocycles. The second-order valence-corrected chi connectivity index (χ2v) is 6.88. The summed E-state index contributed by atoms with van der Waals surface area (Å²) in [6, 6.07) is 3.96. The minimum Gasteiger partial charge on any atom is -0.348 e. The van der Waals surface area contributed by atoms with Crippen molar-refractivity contribution < 1.29 is 4.79 Å². The predicted molar refractivity (Wildman–Crippen MR) is 91.7 cm³/mol. The molecule has 0 atom stereocenters. The van der Waals surface area contributed by atoms with Gasteiger partial charge in [-0.15, -0.1) is 0 Å². The van der Waals surface area contributed by atoms with Crippen molar-refractivity contribution in [1.29, 1.82) is 0 Å². The van der Waals surface area contributed by atoms with E-state index in [0.29, 0.717) is 6.54 Å². The van der Waals surface area contributed by atoms with Crippen LogP contribution in [0.1, 0.15) is 17.3 Å². The summed E-state index contributed by atoms with van der Waals surface area (Å²) in [6.45, 7) is 6.18. The van der Waals surface area contributed by atoms with Gasteiger partial charge >= 0.3 is 0 Å². The first-order valence-electron chi connectivity index (χ1n) is 4.49. The molecule has 0 spiro atoms. The van der Waals surface area contributed by atoms with E-state index < -0.39 is 0 Å². The number of rotatable bonds is 3. The lowest BCUT2D eigenvalue weighted by Gasteiger charge is -2.08. The SMILES string of the molecule is C=C(C)CNC(=O)c1cc(I)cc(I)c1I. The van der Waals surface area contributed by atoms with Gasteiger partial charge in [-0.1, -0.05) is 12.2 Å². The third kappa shape index (κ3) is 4.13. The first-order chi connectivity index (χ1) is 7.41. The van der Waals surface area contributed by atoms with Gasteiger partial charge in [0.25, 0.3) is 5.91 Å². The van der Waals surface area contributed by atoms with Gasteiger partial charge in [0.15, 0.2) is 0 Å². The van der Waals surface area contributed by atoms with Gasteiger partial charge in [-0.3, -0.25) is 4.79 Å². The Morgan fingerprint density at radius 3 is 2.56 bits per heavy atom. The quantitative estimate of drug-likeness (QED) is 0.345. The monoisotopic (exact) mass is 553 g/mol. The normalized spacial score (nSPS) is 10.0. The lowest BCUT2D eigenvalue weighted by Crippen LogP contribution is -2.26. The number of hydrogen-bond donors (Lipinski definition) is 1. The molecule has 16 heavy (non-hydrogen) atoms. The molecule has 0 heterocycles. The fourth-order valence-electron chi connectivity index (χ4n) is 1.05. The Labute approximate surface area is 136 Å². The van der Waals surface area contributed by atoms with Crippen LogP contribution in [0.5, 0.6) is 0 Å². The largest absolute Gasteiger partial charge is 0.348 e. The first-order valence-corrected chi connectivity index (χ1v) is 7.72. The van der Waals surface area contributed by atoms with E-state index in [0.717, 1.165) is 21.8 Å². The number of nitrogens with one attached hydrogen (secondary N) is 1. The third-order valence-electron chi connectivity index (χ3n) is 1.79. The number of amides is 1. The van der Waals surface area contributed by atoms with Crippen LogP contribution in [0.4, 0.5) is 0 Å². The van der Waals surface area contributed by atoms with E-state index in [-0.39, 0.29) is 5.91 Å². The maximum atomic E-state index is 11.9. The van der Waals surface area contributed by atoms with Crippen molar-refractivity contribution in [3.63, 3.8) is 0 Å². The molecule has 0 saturated heterocycles. The molecule has 0 aliphatic carbocycles. The van der Waals surface area contributed by atoms with Crippen LogP contribution in [0, 0.1) is 10.7 Å². The third-order valence-corrected chi connectivity index (χ3v) is 5.46. The zero-order chi connectivity index (χ0) is 12.3. The van der Waals surface area contributed by atoms with Crippen molar-refractivity contribution in [2.75, 3.05) is 6.54 Å². The fraction of sp³-hybridized carbons (Fsp3) is 0.182. The standard InChI is InChI=1S/C11H10I3NO/c1-6(2)5-15-11(16)8-3-7(12)4-9(13)10(8)14/h3-4H,1,5H2,2H3,(H,15,16). The van der Waals surface area contributed by atoms with E-state index in [1.54, 1.807) is 0 Å². The van der Waals surface area contributed by atoms with Crippen molar-refractivity contribution >= 4 is 73.7 Å². The molecule has 1 N–H and O–H groups in total. The average molecular weight is 553 g/mol. The summed E-state index contributed by atoms with van der Waals surface area (Å²) < 4.78 is 3.17. The lowest BCUT2D eigenvalue weighted by atomic mass is 10.2. The Morgan fingerprint density at radius 1 is 1.38 bits per heavy atom. The molecule has 2 nitrogen and oxygen atoms in total. The molecule has 1 aromatic carbocycles. The highest BCUT2D eigenvalue weighted by molar-refractivity contribution is 14.1. The Bertz CT molecular complexity index is 443. The summed E-state index contributed by atoms with van der Waals surface area (Å²) in [5, 5.41) is 2.84. The summed E-state index contributed by atoms with van der Waals surface area (Å²) in [5.41, 5.74) is 1.68. The molecule has 0 aliphatic heterocycles. The molecule has 0 aromatic heterocycles. The van der Waals surface area contributed by atoms with E-state index in [1.165, 1.54) is 0 Å². The highest BCUT2D eigenvalue weighted by atomic mass is 127. The van der Waals surface area contributed by atoms with E-state index in [9.17, 15) is 4.79 Å². The Morgan fingerprint density at radius 2 is 2.00 bits per heavy atom. The zero-order valence-corrected chi connectivity index (χ0v) is 15.1. The molecule has 1 aromatic rings. The molecular weight excluding hydrogens is 543 g/mol. The molecule has 86 valence electrons. The minimum absolute atomic E-state index is 0.0381. The molecule has 0 aliphatic rings. The van der Waals surface area contributed by atoms with Crippen LogP contribution in [0.25, 0.3) is 0 Å². The van der Waals surface area contributed by atoms with Crippen molar-refractivity contribution in [2.45, 2.75) is 6.92 Å². The molecule has 0 unspecified atom stereocenters. The highest BCUT2D eigenvalue weighted by Crippen LogP contribution is 2.22. The number of hydrogen-bond acceptors (Lipinski definition) is 1. The van der Waals surface area contributed by atoms with Gasteiger partial charge in [0.05, 0.1) is 5.56 Å². The van der Waals surface area contributed by atoms with Crippen LogP contribution >= 0.6 is 67.8 Å². The van der Waals surface area contributed by atoms with Gasteiger partial charge in [-0.2, -0.15) is 0 Å². The van der Waals surface area contributed by atoms with Crippen molar-refractivity contribution in [1.82, 2.24) is 5.32 Å². The molecule has 1 amide bonds. The maximum absolute atomic E-state index is 11.9. The Hall–Kier alpha value is 0.620. The molecular formula is C11H10I3NO. The molecule has 5 heteroatoms. The topological polar surface area (TPSA) is 29.1 Å². The van der Waals surface area contributed by atoms with Gasteiger partial charge in [0.1, 0.15) is 0 Å². The lowest BCUT2D eigenvalue weighted by molar-refractivity contribution is 0.0956. The van der Waals surface area contributed by atoms with Crippen molar-refractivity contribution in [2.24, 2.45) is 0 Å². The second kappa shape index (κ2) is 6.53. The molecule has 0 fully saturated rings. The summed E-state index contributed by atoms with van der Waals surface area (Å²) in [5.74, 6) is -0.0381. The van der Waals surface area contributed by atoms with Crippen LogP contribution < -0.4 is 5.32 Å². The summed E-state index contributed by atoms with van der Waals surface area (Å²) in [4.78, 5) is 11.9. The van der Waals surface area contributed by atoms with Crippen LogP contribution in [-0.2, 0) is 0 Å². The van der Waals surface area contributed by atoms with Crippen molar-refractivity contribution in [3.8, 4) is 0 Å². The zero-order valence-electron chi connectivity index (χ0n) is 8.61. The smallest absolute Gasteiger partial charge is 0.252 e. The molecule has 0 radical (unpaired) electrons. The summed E-state index contributed by atoms with van der Waals surface area (Å²) in [7, 11) is 0. The van der Waals surface area contributed by atoms with Crippen LogP contribution in [0.2, 0.25) is 0 Å². The summed E-state index contributed by atoms with van der Waals surface area (Å²) in [6.07, 6.45) is 0. The van der Waals surface area contributed by atoms with Gasteiger partial charge in [0, 0.05) is 17.3 Å². The van der Waals surface area contributed by atoms with Gasteiger partial charge < -0.3 is 5.32 Å². The second-order valence-electron chi connectivity index (χ2n) is 3.39. The Kier molecular flexibility index (Phi) is 5.99. The van der Waals surface area contributed by atoms with Gasteiger partial charge in [-0.05, 0) is 86.8 Å². The maximum Gasteiger partial charge on any atom is 0.252 e. The number of carbonyl (C=O) groups is 1. The van der Waals surface area contributed by atoms with Gasteiger partial charge in [0.2, 0.25) is 0 Å². The van der Waals surface area contributed by atoms with E-state index in [2.05, 4.69) is 85.7 Å². The van der Waals surface area contributed by atoms with Crippen LogP contribution in [-0.4, -0.2) is 12.5 Å². The van der Waals surface area contributed by atoms with Crippen molar-refractivity contribution in [3.05, 3.63) is 40.6 Å². The fourth-order valence-corrected chi connectivity index (χ4v) is 3.45. The van der Waals surface area contributed by atoms with Crippen LogP contribution in [0.3, 0.4) is 0 Å². The number of carbonyl (C=O) groups excluding carboxylic acids is 1. The highest BCUT2D eigenvalue weighted by Gasteiger charge is 2.12. The Balaban J connectivity index is 2.95. The molecule has 1 rings (SSSR count). The van der Waals surface area contributed by atoms with Gasteiger partial charge in [-0.25, -0.2) is 0 Å². The van der Waals surface area contributed by atoms with E-state index >= 15 is 0 Å². The predicted octanol–water partition coefficient (Wildman–Crippen LogP) is 3.81. The van der Waals surface area contributed by atoms with E-state index in [1.807, 2.05) is 13.0 Å². The number of halogens is 3. The number of benzene rings is 1. The summed E-state index contributed by atoms with van der Waals surface area (Å²) >= 11 is 6.66. The van der Waals surface area contributed by atoms with E-state index in [4.69, 9.17) is 0 Å². The molecule has 0 bridgehead atoms. The van der Waals surface area contributed by atoms with Crippen LogP contribution in [0.15, 0.2) is 24.3 Å². The first kappa shape index (κ1) is 14.7. The minimum atomic E-state index is -0.0381.